The van der Waals surface area contributed by atoms with E-state index in [1.165, 1.54) is 29.5 Å². The van der Waals surface area contributed by atoms with Crippen molar-refractivity contribution in [2.45, 2.75) is 38.6 Å². The highest BCUT2D eigenvalue weighted by Gasteiger charge is 2.21. The van der Waals surface area contributed by atoms with Gasteiger partial charge in [0.2, 0.25) is 0 Å². The molecule has 1 aliphatic rings. The van der Waals surface area contributed by atoms with Gasteiger partial charge in [-0.05, 0) is 65.4 Å². The highest BCUT2D eigenvalue weighted by Crippen LogP contribution is 2.35. The summed E-state index contributed by atoms with van der Waals surface area (Å²) in [4.78, 5) is 0. The largest absolute Gasteiger partial charge is 0.493 e. The fourth-order valence-corrected chi connectivity index (χ4v) is 3.83. The van der Waals surface area contributed by atoms with Gasteiger partial charge in [0.15, 0.2) is 0 Å². The van der Waals surface area contributed by atoms with Crippen molar-refractivity contribution in [1.82, 2.24) is 5.32 Å². The fraction of sp³-hybridized carbons (Fsp3) is 0.444. The van der Waals surface area contributed by atoms with Crippen LogP contribution in [0.15, 0.2) is 35.0 Å². The van der Waals surface area contributed by atoms with Crippen LogP contribution in [0.4, 0.5) is 0 Å². The van der Waals surface area contributed by atoms with E-state index in [0.717, 1.165) is 31.7 Å². The Hall–Kier alpha value is -1.32. The van der Waals surface area contributed by atoms with E-state index in [1.54, 1.807) is 11.3 Å². The van der Waals surface area contributed by atoms with Crippen molar-refractivity contribution in [1.29, 1.82) is 0 Å². The maximum Gasteiger partial charge on any atom is 0.122 e. The lowest BCUT2D eigenvalue weighted by Gasteiger charge is -2.27. The van der Waals surface area contributed by atoms with E-state index in [9.17, 15) is 0 Å². The summed E-state index contributed by atoms with van der Waals surface area (Å²) in [5.41, 5.74) is 4.23. The summed E-state index contributed by atoms with van der Waals surface area (Å²) in [6.45, 7) is 3.96. The lowest BCUT2D eigenvalue weighted by molar-refractivity contribution is 0.315. The molecule has 112 valence electrons. The normalized spacial score (nSPS) is 17.5. The Bertz CT molecular complexity index is 565. The molecular formula is C18H23NOS. The first-order valence-corrected chi connectivity index (χ1v) is 8.82. The van der Waals surface area contributed by atoms with Gasteiger partial charge in [0, 0.05) is 12.5 Å². The summed E-state index contributed by atoms with van der Waals surface area (Å²) in [6.07, 6.45) is 4.62. The number of nitrogens with one attached hydrogen (secondary N) is 1. The molecule has 1 N–H and O–H groups in total. The van der Waals surface area contributed by atoms with Crippen LogP contribution in [0.3, 0.4) is 0 Å². The number of hydrogen-bond donors (Lipinski definition) is 1. The van der Waals surface area contributed by atoms with E-state index < -0.39 is 0 Å². The Morgan fingerprint density at radius 2 is 2.29 bits per heavy atom. The number of fused-ring (bicyclic) bond motifs is 1. The highest BCUT2D eigenvalue weighted by molar-refractivity contribution is 7.07. The Kier molecular flexibility index (Phi) is 4.94. The zero-order valence-electron chi connectivity index (χ0n) is 12.6. The van der Waals surface area contributed by atoms with Gasteiger partial charge in [-0.1, -0.05) is 19.1 Å². The average Bonchev–Trinajstić information content (AvgIpc) is 3.02. The molecule has 21 heavy (non-hydrogen) atoms. The maximum absolute atomic E-state index is 6.08. The van der Waals surface area contributed by atoms with Gasteiger partial charge in [-0.2, -0.15) is 11.3 Å². The molecule has 0 saturated heterocycles. The second-order valence-electron chi connectivity index (χ2n) is 5.56. The van der Waals surface area contributed by atoms with Crippen molar-refractivity contribution in [3.63, 3.8) is 0 Å². The Morgan fingerprint density at radius 1 is 1.33 bits per heavy atom. The predicted molar refractivity (Wildman–Crippen MR) is 89.3 cm³/mol. The SMILES string of the molecule is CCNC1CCCc2c(OCCc3ccsc3)cccc21. The third-order valence-corrected chi connectivity index (χ3v) is 4.88. The molecule has 3 rings (SSSR count). The van der Waals surface area contributed by atoms with Crippen LogP contribution in [0.5, 0.6) is 5.75 Å². The van der Waals surface area contributed by atoms with Gasteiger partial charge < -0.3 is 10.1 Å². The van der Waals surface area contributed by atoms with Crippen LogP contribution >= 0.6 is 11.3 Å². The minimum absolute atomic E-state index is 0.499. The minimum Gasteiger partial charge on any atom is -0.493 e. The number of benzene rings is 1. The summed E-state index contributed by atoms with van der Waals surface area (Å²) in [6, 6.07) is 9.19. The predicted octanol–water partition coefficient (Wildman–Crippen LogP) is 4.36. The summed E-state index contributed by atoms with van der Waals surface area (Å²) >= 11 is 1.75. The van der Waals surface area contributed by atoms with E-state index in [0.29, 0.717) is 6.04 Å². The molecule has 0 saturated carbocycles. The zero-order chi connectivity index (χ0) is 14.5. The van der Waals surface area contributed by atoms with Crippen LogP contribution in [0, 0.1) is 0 Å². The van der Waals surface area contributed by atoms with E-state index in [4.69, 9.17) is 4.74 Å². The molecule has 3 heteroatoms. The van der Waals surface area contributed by atoms with Crippen LogP contribution in [0.25, 0.3) is 0 Å². The summed E-state index contributed by atoms with van der Waals surface area (Å²) in [5, 5.41) is 7.92. The van der Waals surface area contributed by atoms with Crippen molar-refractivity contribution in [3.05, 3.63) is 51.7 Å². The van der Waals surface area contributed by atoms with E-state index >= 15 is 0 Å². The van der Waals surface area contributed by atoms with Gasteiger partial charge >= 0.3 is 0 Å². The average molecular weight is 301 g/mol. The molecule has 2 aromatic rings. The quantitative estimate of drug-likeness (QED) is 0.856. The molecule has 0 amide bonds. The molecule has 0 spiro atoms. The lowest BCUT2D eigenvalue weighted by atomic mass is 9.87. The molecule has 1 atom stereocenters. The second kappa shape index (κ2) is 7.10. The number of ether oxygens (including phenoxy) is 1. The van der Waals surface area contributed by atoms with Crippen LogP contribution in [0.2, 0.25) is 0 Å². The Balaban J connectivity index is 1.69. The Morgan fingerprint density at radius 3 is 3.10 bits per heavy atom. The highest BCUT2D eigenvalue weighted by atomic mass is 32.1. The molecule has 1 aromatic carbocycles. The molecule has 0 aliphatic heterocycles. The van der Waals surface area contributed by atoms with Crippen molar-refractivity contribution in [2.75, 3.05) is 13.2 Å². The summed E-state index contributed by atoms with van der Waals surface area (Å²) < 4.78 is 6.08. The molecule has 1 heterocycles. The van der Waals surface area contributed by atoms with Gasteiger partial charge in [-0.15, -0.1) is 0 Å². The van der Waals surface area contributed by atoms with Crippen molar-refractivity contribution in [3.8, 4) is 5.75 Å². The number of rotatable bonds is 6. The van der Waals surface area contributed by atoms with Crippen molar-refractivity contribution >= 4 is 11.3 Å². The first kappa shape index (κ1) is 14.6. The van der Waals surface area contributed by atoms with Gasteiger partial charge in [-0.25, -0.2) is 0 Å². The van der Waals surface area contributed by atoms with Crippen LogP contribution < -0.4 is 10.1 Å². The monoisotopic (exact) mass is 301 g/mol. The summed E-state index contributed by atoms with van der Waals surface area (Å²) in [7, 11) is 0. The van der Waals surface area contributed by atoms with Crippen molar-refractivity contribution < 1.29 is 4.74 Å². The molecule has 0 radical (unpaired) electrons. The molecule has 0 bridgehead atoms. The van der Waals surface area contributed by atoms with Gasteiger partial charge in [0.1, 0.15) is 5.75 Å². The van der Waals surface area contributed by atoms with Gasteiger partial charge in [0.25, 0.3) is 0 Å². The molecule has 1 aromatic heterocycles. The topological polar surface area (TPSA) is 21.3 Å². The second-order valence-corrected chi connectivity index (χ2v) is 6.34. The smallest absolute Gasteiger partial charge is 0.122 e. The molecular weight excluding hydrogens is 278 g/mol. The fourth-order valence-electron chi connectivity index (χ4n) is 3.12. The third kappa shape index (κ3) is 3.47. The van der Waals surface area contributed by atoms with E-state index in [2.05, 4.69) is 47.3 Å². The lowest BCUT2D eigenvalue weighted by Crippen LogP contribution is -2.25. The molecule has 0 fully saturated rings. The summed E-state index contributed by atoms with van der Waals surface area (Å²) in [5.74, 6) is 1.09. The third-order valence-electron chi connectivity index (χ3n) is 4.14. The minimum atomic E-state index is 0.499. The van der Waals surface area contributed by atoms with Crippen LogP contribution in [0.1, 0.15) is 42.5 Å². The Labute approximate surface area is 131 Å². The van der Waals surface area contributed by atoms with E-state index in [1.807, 2.05) is 0 Å². The zero-order valence-corrected chi connectivity index (χ0v) is 13.4. The van der Waals surface area contributed by atoms with E-state index in [-0.39, 0.29) is 0 Å². The number of thiophene rings is 1. The van der Waals surface area contributed by atoms with Gasteiger partial charge in [0.05, 0.1) is 6.61 Å². The molecule has 2 nitrogen and oxygen atoms in total. The number of hydrogen-bond acceptors (Lipinski definition) is 3. The molecule has 1 aliphatic carbocycles. The van der Waals surface area contributed by atoms with Crippen LogP contribution in [-0.2, 0) is 12.8 Å². The molecule has 1 unspecified atom stereocenters. The standard InChI is InChI=1S/C18H23NOS/c1-2-19-17-7-3-6-16-15(17)5-4-8-18(16)20-11-9-14-10-12-21-13-14/h4-5,8,10,12-13,17,19H,2-3,6-7,9,11H2,1H3. The van der Waals surface area contributed by atoms with Crippen LogP contribution in [-0.4, -0.2) is 13.2 Å². The van der Waals surface area contributed by atoms with Gasteiger partial charge in [-0.3, -0.25) is 0 Å². The maximum atomic E-state index is 6.08. The van der Waals surface area contributed by atoms with Crippen molar-refractivity contribution in [2.24, 2.45) is 0 Å². The first-order chi connectivity index (χ1) is 10.4. The first-order valence-electron chi connectivity index (χ1n) is 7.87.